The zero-order valence-corrected chi connectivity index (χ0v) is 11.1. The van der Waals surface area contributed by atoms with Crippen molar-refractivity contribution < 1.29 is 5.11 Å². The van der Waals surface area contributed by atoms with Crippen LogP contribution in [0.4, 0.5) is 0 Å². The monoisotopic (exact) mass is 276 g/mol. The minimum absolute atomic E-state index is 0.0390. The lowest BCUT2D eigenvalue weighted by molar-refractivity contribution is 0.283. The molecule has 0 saturated carbocycles. The molecule has 2 aromatic heterocycles. The standard InChI is InChI=1S/C16H12N4O/c21-10-11-9-16(17-13-6-2-1-5-12(11)13)20-15-8-4-3-7-14(15)18-19-20/h1-9,21H,10H2. The fourth-order valence-electron chi connectivity index (χ4n) is 2.51. The van der Waals surface area contributed by atoms with Gasteiger partial charge in [0.05, 0.1) is 17.6 Å². The molecule has 0 aliphatic heterocycles. The van der Waals surface area contributed by atoms with Crippen LogP contribution in [-0.2, 0) is 6.61 Å². The van der Waals surface area contributed by atoms with E-state index < -0.39 is 0 Å². The maximum atomic E-state index is 9.60. The molecule has 21 heavy (non-hydrogen) atoms. The number of rotatable bonds is 2. The van der Waals surface area contributed by atoms with Crippen LogP contribution in [0.1, 0.15) is 5.56 Å². The van der Waals surface area contributed by atoms with E-state index in [1.807, 2.05) is 54.6 Å². The van der Waals surface area contributed by atoms with Crippen molar-refractivity contribution in [2.75, 3.05) is 0 Å². The topological polar surface area (TPSA) is 63.8 Å². The third kappa shape index (κ3) is 1.86. The summed E-state index contributed by atoms with van der Waals surface area (Å²) in [5.41, 5.74) is 3.37. The number of aromatic nitrogens is 4. The van der Waals surface area contributed by atoms with Gasteiger partial charge in [-0.15, -0.1) is 5.10 Å². The highest BCUT2D eigenvalue weighted by molar-refractivity contribution is 5.84. The van der Waals surface area contributed by atoms with Gasteiger partial charge in [0.15, 0.2) is 5.82 Å². The lowest BCUT2D eigenvalue weighted by Crippen LogP contribution is -2.02. The Bertz CT molecular complexity index is 945. The van der Waals surface area contributed by atoms with Crippen molar-refractivity contribution in [3.05, 3.63) is 60.2 Å². The Labute approximate surface area is 120 Å². The lowest BCUT2D eigenvalue weighted by atomic mass is 10.1. The van der Waals surface area contributed by atoms with E-state index in [1.54, 1.807) is 4.68 Å². The average Bonchev–Trinajstić information content (AvgIpc) is 2.98. The summed E-state index contributed by atoms with van der Waals surface area (Å²) in [5.74, 6) is 0.659. The van der Waals surface area contributed by atoms with Gasteiger partial charge in [-0.25, -0.2) is 4.98 Å². The Morgan fingerprint density at radius 3 is 2.57 bits per heavy atom. The van der Waals surface area contributed by atoms with E-state index in [0.717, 1.165) is 27.5 Å². The minimum Gasteiger partial charge on any atom is -0.392 e. The average molecular weight is 276 g/mol. The smallest absolute Gasteiger partial charge is 0.156 e. The fourth-order valence-corrected chi connectivity index (χ4v) is 2.51. The van der Waals surface area contributed by atoms with Crippen LogP contribution in [0, 0.1) is 0 Å². The Morgan fingerprint density at radius 1 is 0.952 bits per heavy atom. The SMILES string of the molecule is OCc1cc(-n2nnc3ccccc32)nc2ccccc12. The quantitative estimate of drug-likeness (QED) is 0.611. The van der Waals surface area contributed by atoms with Crippen molar-refractivity contribution in [1.82, 2.24) is 20.0 Å². The molecular weight excluding hydrogens is 264 g/mol. The second kappa shape index (κ2) is 4.64. The van der Waals surface area contributed by atoms with Crippen molar-refractivity contribution in [2.45, 2.75) is 6.61 Å². The molecule has 0 amide bonds. The first kappa shape index (κ1) is 12.0. The van der Waals surface area contributed by atoms with E-state index in [-0.39, 0.29) is 6.61 Å². The van der Waals surface area contributed by atoms with Crippen LogP contribution in [0.5, 0.6) is 0 Å². The van der Waals surface area contributed by atoms with Crippen LogP contribution in [-0.4, -0.2) is 25.1 Å². The van der Waals surface area contributed by atoms with Gasteiger partial charge >= 0.3 is 0 Å². The van der Waals surface area contributed by atoms with Gasteiger partial charge in [-0.1, -0.05) is 35.5 Å². The Morgan fingerprint density at radius 2 is 1.71 bits per heavy atom. The van der Waals surface area contributed by atoms with Gasteiger partial charge in [0, 0.05) is 5.39 Å². The molecule has 0 fully saturated rings. The Balaban J connectivity index is 2.02. The summed E-state index contributed by atoms with van der Waals surface area (Å²) < 4.78 is 1.70. The summed E-state index contributed by atoms with van der Waals surface area (Å²) in [5, 5.41) is 18.9. The van der Waals surface area contributed by atoms with Crippen molar-refractivity contribution in [3.63, 3.8) is 0 Å². The van der Waals surface area contributed by atoms with Gasteiger partial charge in [-0.3, -0.25) is 0 Å². The maximum absolute atomic E-state index is 9.60. The normalized spacial score (nSPS) is 11.3. The molecule has 0 unspecified atom stereocenters. The molecule has 0 bridgehead atoms. The summed E-state index contributed by atoms with van der Waals surface area (Å²) in [6.45, 7) is -0.0390. The molecule has 1 N–H and O–H groups in total. The van der Waals surface area contributed by atoms with Crippen LogP contribution in [0.3, 0.4) is 0 Å². The molecule has 0 aliphatic rings. The highest BCUT2D eigenvalue weighted by atomic mass is 16.3. The van der Waals surface area contributed by atoms with Crippen molar-refractivity contribution in [1.29, 1.82) is 0 Å². The van der Waals surface area contributed by atoms with Gasteiger partial charge in [0.25, 0.3) is 0 Å². The molecule has 102 valence electrons. The highest BCUT2D eigenvalue weighted by Gasteiger charge is 2.10. The molecule has 2 heterocycles. The molecule has 0 spiro atoms. The fraction of sp³-hybridized carbons (Fsp3) is 0.0625. The number of fused-ring (bicyclic) bond motifs is 2. The van der Waals surface area contributed by atoms with Crippen molar-refractivity contribution in [3.8, 4) is 5.82 Å². The summed E-state index contributed by atoms with van der Waals surface area (Å²) >= 11 is 0. The zero-order valence-electron chi connectivity index (χ0n) is 11.1. The largest absolute Gasteiger partial charge is 0.392 e. The van der Waals surface area contributed by atoms with Crippen molar-refractivity contribution >= 4 is 21.9 Å². The number of para-hydroxylation sites is 2. The molecule has 0 saturated heterocycles. The summed E-state index contributed by atoms with van der Waals surface area (Å²) in [6.07, 6.45) is 0. The number of hydrogen-bond donors (Lipinski definition) is 1. The van der Waals surface area contributed by atoms with Gasteiger partial charge in [0.1, 0.15) is 5.52 Å². The Hall–Kier alpha value is -2.79. The van der Waals surface area contributed by atoms with Crippen LogP contribution in [0.15, 0.2) is 54.6 Å². The first-order valence-corrected chi connectivity index (χ1v) is 6.67. The summed E-state index contributed by atoms with van der Waals surface area (Å²) in [7, 11) is 0. The minimum atomic E-state index is -0.0390. The molecule has 0 radical (unpaired) electrons. The van der Waals surface area contributed by atoms with Gasteiger partial charge in [-0.05, 0) is 29.8 Å². The first-order chi connectivity index (χ1) is 10.4. The third-order valence-corrected chi connectivity index (χ3v) is 3.53. The second-order valence-corrected chi connectivity index (χ2v) is 4.80. The number of benzene rings is 2. The molecule has 2 aromatic carbocycles. The van der Waals surface area contributed by atoms with E-state index in [0.29, 0.717) is 5.82 Å². The van der Waals surface area contributed by atoms with Crippen LogP contribution in [0.2, 0.25) is 0 Å². The van der Waals surface area contributed by atoms with Crippen LogP contribution >= 0.6 is 0 Å². The van der Waals surface area contributed by atoms with Crippen LogP contribution in [0.25, 0.3) is 27.8 Å². The molecule has 4 aromatic rings. The van der Waals surface area contributed by atoms with E-state index in [2.05, 4.69) is 15.3 Å². The Kier molecular flexibility index (Phi) is 2.65. The third-order valence-electron chi connectivity index (χ3n) is 3.53. The molecule has 5 heteroatoms. The summed E-state index contributed by atoms with van der Waals surface area (Å²) in [4.78, 5) is 4.63. The van der Waals surface area contributed by atoms with Gasteiger partial charge in [-0.2, -0.15) is 4.68 Å². The van der Waals surface area contributed by atoms with Crippen LogP contribution < -0.4 is 0 Å². The highest BCUT2D eigenvalue weighted by Crippen LogP contribution is 2.22. The molecule has 0 atom stereocenters. The maximum Gasteiger partial charge on any atom is 0.156 e. The van der Waals surface area contributed by atoms with Crippen molar-refractivity contribution in [2.24, 2.45) is 0 Å². The zero-order chi connectivity index (χ0) is 14.2. The van der Waals surface area contributed by atoms with Gasteiger partial charge in [0.2, 0.25) is 0 Å². The number of aliphatic hydroxyl groups is 1. The summed E-state index contributed by atoms with van der Waals surface area (Å²) in [6, 6.07) is 17.3. The molecule has 5 nitrogen and oxygen atoms in total. The van der Waals surface area contributed by atoms with E-state index >= 15 is 0 Å². The van der Waals surface area contributed by atoms with Gasteiger partial charge < -0.3 is 5.11 Å². The first-order valence-electron chi connectivity index (χ1n) is 6.67. The molecule has 0 aliphatic carbocycles. The number of hydrogen-bond acceptors (Lipinski definition) is 4. The number of pyridine rings is 1. The number of nitrogens with zero attached hydrogens (tertiary/aromatic N) is 4. The molecular formula is C16H12N4O. The number of aliphatic hydroxyl groups excluding tert-OH is 1. The van der Waals surface area contributed by atoms with E-state index in [4.69, 9.17) is 0 Å². The lowest BCUT2D eigenvalue weighted by Gasteiger charge is -2.07. The predicted octanol–water partition coefficient (Wildman–Crippen LogP) is 2.46. The van der Waals surface area contributed by atoms with E-state index in [9.17, 15) is 5.11 Å². The second-order valence-electron chi connectivity index (χ2n) is 4.80. The van der Waals surface area contributed by atoms with E-state index in [1.165, 1.54) is 0 Å². The predicted molar refractivity (Wildman–Crippen MR) is 80.1 cm³/mol. The molecule has 4 rings (SSSR count).